The van der Waals surface area contributed by atoms with Crippen molar-refractivity contribution in [3.8, 4) is 0 Å². The van der Waals surface area contributed by atoms with Crippen molar-refractivity contribution >= 4 is 22.9 Å². The Labute approximate surface area is 137 Å². The summed E-state index contributed by atoms with van der Waals surface area (Å²) in [6, 6.07) is 18.9. The van der Waals surface area contributed by atoms with Crippen LogP contribution in [0.3, 0.4) is 0 Å². The van der Waals surface area contributed by atoms with Crippen LogP contribution in [0.5, 0.6) is 0 Å². The van der Waals surface area contributed by atoms with Crippen molar-refractivity contribution in [2.24, 2.45) is 0 Å². The van der Waals surface area contributed by atoms with E-state index < -0.39 is 5.91 Å². The number of benzene rings is 2. The van der Waals surface area contributed by atoms with Gasteiger partial charge in [0.1, 0.15) is 5.58 Å². The molecule has 0 atom stereocenters. The number of carbonyl (C=O) groups is 1. The first-order valence-corrected chi connectivity index (χ1v) is 7.44. The van der Waals surface area contributed by atoms with Crippen molar-refractivity contribution in [1.82, 2.24) is 10.2 Å². The number of hydrogen-bond donors (Lipinski definition) is 1. The fourth-order valence-corrected chi connectivity index (χ4v) is 2.40. The summed E-state index contributed by atoms with van der Waals surface area (Å²) >= 11 is 0. The Hall–Kier alpha value is -3.41. The number of hydrogen-bond acceptors (Lipinski definition) is 5. The summed E-state index contributed by atoms with van der Waals surface area (Å²) in [6.07, 6.45) is 0.508. The fraction of sp³-hybridized carbons (Fsp3) is 0.0556. The third-order valence-electron chi connectivity index (χ3n) is 3.53. The molecule has 2 heterocycles. The largest absolute Gasteiger partial charge is 0.451 e. The van der Waals surface area contributed by atoms with Gasteiger partial charge in [0.15, 0.2) is 5.76 Å². The molecule has 6 heteroatoms. The molecule has 24 heavy (non-hydrogen) atoms. The van der Waals surface area contributed by atoms with Gasteiger partial charge in [-0.1, -0.05) is 53.6 Å². The predicted octanol–water partition coefficient (Wildman–Crippen LogP) is 3.66. The number of nitrogens with one attached hydrogen (secondary N) is 1. The van der Waals surface area contributed by atoms with Crippen LogP contribution in [-0.4, -0.2) is 16.1 Å². The smallest absolute Gasteiger partial charge is 0.322 e. The van der Waals surface area contributed by atoms with E-state index in [1.807, 2.05) is 48.5 Å². The summed E-state index contributed by atoms with van der Waals surface area (Å²) in [6.45, 7) is 0. The summed E-state index contributed by atoms with van der Waals surface area (Å²) in [5, 5.41) is 11.2. The molecule has 0 aliphatic heterocycles. The summed E-state index contributed by atoms with van der Waals surface area (Å²) < 4.78 is 11.0. The van der Waals surface area contributed by atoms with Gasteiger partial charge in [0.25, 0.3) is 5.91 Å². The summed E-state index contributed by atoms with van der Waals surface area (Å²) in [7, 11) is 0. The standard InChI is InChI=1S/C18H13N3O3/c22-17(15-11-13-8-4-5-9-14(13)23-15)19-18-21-20-16(24-18)10-12-6-2-1-3-7-12/h1-9,11H,10H2,(H,19,21,22). The molecule has 118 valence electrons. The van der Waals surface area contributed by atoms with Gasteiger partial charge in [-0.3, -0.25) is 10.1 Å². The number of anilines is 1. The van der Waals surface area contributed by atoms with Gasteiger partial charge in [-0.2, -0.15) is 0 Å². The van der Waals surface area contributed by atoms with Gasteiger partial charge in [-0.05, 0) is 17.7 Å². The topological polar surface area (TPSA) is 81.2 Å². The molecule has 0 fully saturated rings. The summed E-state index contributed by atoms with van der Waals surface area (Å²) in [5.41, 5.74) is 1.70. The molecule has 6 nitrogen and oxygen atoms in total. The molecule has 2 aromatic carbocycles. The molecule has 4 rings (SSSR count). The third kappa shape index (κ3) is 2.89. The zero-order valence-corrected chi connectivity index (χ0v) is 12.6. The highest BCUT2D eigenvalue weighted by atomic mass is 16.4. The molecule has 0 aliphatic carbocycles. The van der Waals surface area contributed by atoms with E-state index in [0.717, 1.165) is 10.9 Å². The molecule has 1 amide bonds. The van der Waals surface area contributed by atoms with Crippen molar-refractivity contribution in [2.75, 3.05) is 5.32 Å². The van der Waals surface area contributed by atoms with Gasteiger partial charge in [0.2, 0.25) is 5.89 Å². The molecule has 1 N–H and O–H groups in total. The highest BCUT2D eigenvalue weighted by Gasteiger charge is 2.15. The van der Waals surface area contributed by atoms with Gasteiger partial charge in [-0.25, -0.2) is 0 Å². The fourth-order valence-electron chi connectivity index (χ4n) is 2.40. The van der Waals surface area contributed by atoms with Crippen LogP contribution in [-0.2, 0) is 6.42 Å². The Morgan fingerprint density at radius 1 is 0.958 bits per heavy atom. The van der Waals surface area contributed by atoms with Gasteiger partial charge < -0.3 is 8.83 Å². The van der Waals surface area contributed by atoms with Crippen LogP contribution in [0.2, 0.25) is 0 Å². The third-order valence-corrected chi connectivity index (χ3v) is 3.53. The van der Waals surface area contributed by atoms with Crippen molar-refractivity contribution in [3.63, 3.8) is 0 Å². The minimum absolute atomic E-state index is 0.0476. The molecule has 2 aromatic heterocycles. The lowest BCUT2D eigenvalue weighted by molar-refractivity contribution is 0.0995. The van der Waals surface area contributed by atoms with E-state index >= 15 is 0 Å². The number of rotatable bonds is 4. The minimum Gasteiger partial charge on any atom is -0.451 e. The second-order valence-electron chi connectivity index (χ2n) is 5.27. The van der Waals surface area contributed by atoms with E-state index in [0.29, 0.717) is 17.9 Å². The number of furan rings is 1. The van der Waals surface area contributed by atoms with E-state index in [1.165, 1.54) is 0 Å². The first-order chi connectivity index (χ1) is 11.8. The van der Waals surface area contributed by atoms with Crippen LogP contribution in [0.25, 0.3) is 11.0 Å². The Kier molecular flexibility index (Phi) is 3.55. The number of aromatic nitrogens is 2. The maximum absolute atomic E-state index is 12.2. The molecular formula is C18H13N3O3. The number of nitrogens with zero attached hydrogens (tertiary/aromatic N) is 2. The summed E-state index contributed by atoms with van der Waals surface area (Å²) in [4.78, 5) is 12.2. The molecule has 4 aromatic rings. The van der Waals surface area contributed by atoms with Crippen molar-refractivity contribution in [1.29, 1.82) is 0 Å². The van der Waals surface area contributed by atoms with Crippen LogP contribution in [0.1, 0.15) is 22.0 Å². The highest BCUT2D eigenvalue weighted by molar-refractivity contribution is 6.03. The van der Waals surface area contributed by atoms with Gasteiger partial charge >= 0.3 is 6.01 Å². The van der Waals surface area contributed by atoms with E-state index in [1.54, 1.807) is 12.1 Å². The number of fused-ring (bicyclic) bond motifs is 1. The molecule has 0 unspecified atom stereocenters. The average molecular weight is 319 g/mol. The van der Waals surface area contributed by atoms with E-state index in [9.17, 15) is 4.79 Å². The quantitative estimate of drug-likeness (QED) is 0.621. The van der Waals surface area contributed by atoms with Gasteiger partial charge in [-0.15, -0.1) is 5.10 Å². The van der Waals surface area contributed by atoms with Crippen molar-refractivity contribution in [3.05, 3.63) is 77.9 Å². The molecular weight excluding hydrogens is 306 g/mol. The number of carbonyl (C=O) groups excluding carboxylic acids is 1. The zero-order valence-electron chi connectivity index (χ0n) is 12.6. The number of para-hydroxylation sites is 1. The lowest BCUT2D eigenvalue weighted by Crippen LogP contribution is -2.10. The van der Waals surface area contributed by atoms with Gasteiger partial charge in [0.05, 0.1) is 6.42 Å². The Morgan fingerprint density at radius 2 is 1.75 bits per heavy atom. The first-order valence-electron chi connectivity index (χ1n) is 7.44. The molecule has 0 saturated heterocycles. The van der Waals surface area contributed by atoms with Gasteiger partial charge in [0, 0.05) is 5.39 Å². The van der Waals surface area contributed by atoms with E-state index in [-0.39, 0.29) is 11.8 Å². The van der Waals surface area contributed by atoms with E-state index in [2.05, 4.69) is 15.5 Å². The van der Waals surface area contributed by atoms with Crippen LogP contribution >= 0.6 is 0 Å². The zero-order chi connectivity index (χ0) is 16.4. The Morgan fingerprint density at radius 3 is 2.58 bits per heavy atom. The lowest BCUT2D eigenvalue weighted by atomic mass is 10.2. The lowest BCUT2D eigenvalue weighted by Gasteiger charge is -1.96. The first kappa shape index (κ1) is 14.2. The highest BCUT2D eigenvalue weighted by Crippen LogP contribution is 2.20. The minimum atomic E-state index is -0.430. The Balaban J connectivity index is 1.48. The maximum atomic E-state index is 12.2. The maximum Gasteiger partial charge on any atom is 0.322 e. The second-order valence-corrected chi connectivity index (χ2v) is 5.27. The predicted molar refractivity (Wildman–Crippen MR) is 87.7 cm³/mol. The normalized spacial score (nSPS) is 10.8. The van der Waals surface area contributed by atoms with Crippen molar-refractivity contribution in [2.45, 2.75) is 6.42 Å². The van der Waals surface area contributed by atoms with E-state index in [4.69, 9.17) is 8.83 Å². The Bertz CT molecular complexity index is 956. The second kappa shape index (κ2) is 6.00. The molecule has 0 saturated carbocycles. The summed E-state index contributed by atoms with van der Waals surface area (Å²) in [5.74, 6) is 0.196. The van der Waals surface area contributed by atoms with Crippen LogP contribution < -0.4 is 5.32 Å². The van der Waals surface area contributed by atoms with Crippen LogP contribution in [0.15, 0.2) is 69.5 Å². The van der Waals surface area contributed by atoms with Crippen LogP contribution in [0, 0.1) is 0 Å². The molecule has 0 radical (unpaired) electrons. The molecule has 0 spiro atoms. The van der Waals surface area contributed by atoms with Crippen LogP contribution in [0.4, 0.5) is 6.01 Å². The molecule has 0 aliphatic rings. The average Bonchev–Trinajstić information content (AvgIpc) is 3.22. The van der Waals surface area contributed by atoms with Crippen molar-refractivity contribution < 1.29 is 13.6 Å². The monoisotopic (exact) mass is 319 g/mol. The molecule has 0 bridgehead atoms. The SMILES string of the molecule is O=C(Nc1nnc(Cc2ccccc2)o1)c1cc2ccccc2o1. The number of amides is 1.